The van der Waals surface area contributed by atoms with Crippen LogP contribution in [0.5, 0.6) is 0 Å². The summed E-state index contributed by atoms with van der Waals surface area (Å²) in [5, 5.41) is 14.9. The molecule has 1 N–H and O–H groups in total. The van der Waals surface area contributed by atoms with Crippen molar-refractivity contribution in [2.75, 3.05) is 7.05 Å². The van der Waals surface area contributed by atoms with Crippen molar-refractivity contribution < 1.29 is 4.92 Å². The van der Waals surface area contributed by atoms with Gasteiger partial charge in [0, 0.05) is 18.2 Å². The number of benzene rings is 2. The summed E-state index contributed by atoms with van der Waals surface area (Å²) in [6, 6.07) is 12.0. The molecule has 4 nitrogen and oxygen atoms in total. The van der Waals surface area contributed by atoms with Crippen LogP contribution in [0.15, 0.2) is 42.5 Å². The van der Waals surface area contributed by atoms with Gasteiger partial charge in [0.2, 0.25) is 0 Å². The van der Waals surface area contributed by atoms with Crippen molar-refractivity contribution in [3.05, 3.63) is 73.8 Å². The van der Waals surface area contributed by atoms with Crippen molar-refractivity contribution >= 4 is 28.9 Å². The fraction of sp³-hybridized carbons (Fsp3) is 0.200. The van der Waals surface area contributed by atoms with E-state index in [1.54, 1.807) is 18.2 Å². The quantitative estimate of drug-likeness (QED) is 0.654. The van der Waals surface area contributed by atoms with Gasteiger partial charge in [0.1, 0.15) is 0 Å². The summed E-state index contributed by atoms with van der Waals surface area (Å²) in [5.74, 6) is 0. The molecular weight excluding hydrogens is 311 g/mol. The monoisotopic (exact) mass is 324 g/mol. The maximum Gasteiger partial charge on any atom is 0.269 e. The fourth-order valence-electron chi connectivity index (χ4n) is 2.15. The minimum absolute atomic E-state index is 0.0161. The maximum absolute atomic E-state index is 10.7. The Morgan fingerprint density at radius 1 is 1.19 bits per heavy atom. The number of nitro groups is 1. The Kier molecular flexibility index (Phi) is 5.17. The largest absolute Gasteiger partial charge is 0.313 e. The molecular formula is C15H14Cl2N2O2. The summed E-state index contributed by atoms with van der Waals surface area (Å²) in [6.07, 6.45) is 0.661. The summed E-state index contributed by atoms with van der Waals surface area (Å²) < 4.78 is 0. The Bertz CT molecular complexity index is 645. The van der Waals surface area contributed by atoms with Crippen LogP contribution < -0.4 is 5.32 Å². The predicted molar refractivity (Wildman–Crippen MR) is 85.1 cm³/mol. The average molecular weight is 325 g/mol. The molecule has 2 rings (SSSR count). The fourth-order valence-corrected chi connectivity index (χ4v) is 2.59. The number of hydrogen-bond acceptors (Lipinski definition) is 3. The van der Waals surface area contributed by atoms with Gasteiger partial charge < -0.3 is 5.32 Å². The third kappa shape index (κ3) is 3.73. The molecule has 1 atom stereocenters. The van der Waals surface area contributed by atoms with Gasteiger partial charge in [0.25, 0.3) is 5.69 Å². The molecule has 1 unspecified atom stereocenters. The molecule has 110 valence electrons. The lowest BCUT2D eigenvalue weighted by atomic mass is 9.99. The van der Waals surface area contributed by atoms with Gasteiger partial charge in [0.15, 0.2) is 0 Å². The smallest absolute Gasteiger partial charge is 0.269 e. The van der Waals surface area contributed by atoms with Crippen LogP contribution in [0.2, 0.25) is 10.0 Å². The first-order valence-electron chi connectivity index (χ1n) is 6.37. The zero-order chi connectivity index (χ0) is 15.4. The van der Waals surface area contributed by atoms with Crippen molar-refractivity contribution in [1.29, 1.82) is 0 Å². The van der Waals surface area contributed by atoms with Crippen molar-refractivity contribution in [3.8, 4) is 0 Å². The molecule has 21 heavy (non-hydrogen) atoms. The van der Waals surface area contributed by atoms with Crippen molar-refractivity contribution in [3.63, 3.8) is 0 Å². The minimum atomic E-state index is -0.410. The lowest BCUT2D eigenvalue weighted by molar-refractivity contribution is -0.384. The van der Waals surface area contributed by atoms with Gasteiger partial charge in [0.05, 0.1) is 15.0 Å². The first-order valence-corrected chi connectivity index (χ1v) is 7.13. The molecule has 6 heteroatoms. The highest BCUT2D eigenvalue weighted by atomic mass is 35.5. The van der Waals surface area contributed by atoms with Crippen LogP contribution in [0.4, 0.5) is 5.69 Å². The summed E-state index contributed by atoms with van der Waals surface area (Å²) >= 11 is 12.3. The van der Waals surface area contributed by atoms with E-state index in [4.69, 9.17) is 23.2 Å². The molecule has 0 saturated carbocycles. The Balaban J connectivity index is 2.23. The predicted octanol–water partition coefficient (Wildman–Crippen LogP) is 4.40. The number of rotatable bonds is 5. The number of halogens is 2. The molecule has 0 saturated heterocycles. The van der Waals surface area contributed by atoms with Crippen LogP contribution in [0, 0.1) is 10.1 Å². The molecule has 0 spiro atoms. The third-order valence-corrected chi connectivity index (χ3v) is 4.13. The van der Waals surface area contributed by atoms with E-state index in [9.17, 15) is 10.1 Å². The van der Waals surface area contributed by atoms with Gasteiger partial charge in [-0.15, -0.1) is 0 Å². The molecule has 0 aromatic heterocycles. The normalized spacial score (nSPS) is 12.1. The van der Waals surface area contributed by atoms with Crippen LogP contribution in [-0.2, 0) is 6.42 Å². The van der Waals surface area contributed by atoms with Crippen molar-refractivity contribution in [2.45, 2.75) is 12.5 Å². The van der Waals surface area contributed by atoms with Gasteiger partial charge in [-0.2, -0.15) is 0 Å². The first kappa shape index (κ1) is 15.8. The van der Waals surface area contributed by atoms with Crippen molar-refractivity contribution in [2.24, 2.45) is 0 Å². The number of non-ortho nitro benzene ring substituents is 1. The molecule has 0 heterocycles. The highest BCUT2D eigenvalue weighted by molar-refractivity contribution is 6.42. The molecule has 0 amide bonds. The zero-order valence-corrected chi connectivity index (χ0v) is 12.9. The highest BCUT2D eigenvalue weighted by Crippen LogP contribution is 2.31. The van der Waals surface area contributed by atoms with Crippen LogP contribution >= 0.6 is 23.2 Å². The summed E-state index contributed by atoms with van der Waals surface area (Å²) in [5.41, 5.74) is 1.97. The molecule has 2 aromatic carbocycles. The Morgan fingerprint density at radius 2 is 1.86 bits per heavy atom. The van der Waals surface area contributed by atoms with E-state index >= 15 is 0 Å². The van der Waals surface area contributed by atoms with E-state index in [0.717, 1.165) is 11.1 Å². The lowest BCUT2D eigenvalue weighted by Gasteiger charge is -2.18. The molecule has 0 bridgehead atoms. The molecule has 0 fully saturated rings. The lowest BCUT2D eigenvalue weighted by Crippen LogP contribution is -2.19. The highest BCUT2D eigenvalue weighted by Gasteiger charge is 2.15. The first-order chi connectivity index (χ1) is 10.0. The summed E-state index contributed by atoms with van der Waals surface area (Å²) in [6.45, 7) is 0. The van der Waals surface area contributed by atoms with Crippen LogP contribution in [0.1, 0.15) is 17.2 Å². The standard InChI is InChI=1S/C15H14Cl2N2O2/c1-18-14(12-3-2-4-13(16)15(12)17)9-10-5-7-11(8-6-10)19(20)21/h2-8,14,18H,9H2,1H3. The summed E-state index contributed by atoms with van der Waals surface area (Å²) in [7, 11) is 1.84. The van der Waals surface area contributed by atoms with E-state index in [-0.39, 0.29) is 11.7 Å². The Hall–Kier alpha value is -1.62. The number of nitrogens with one attached hydrogen (secondary N) is 1. The SMILES string of the molecule is CNC(Cc1ccc([N+](=O)[O-])cc1)c1cccc(Cl)c1Cl. The van der Waals surface area contributed by atoms with Gasteiger partial charge in [-0.3, -0.25) is 10.1 Å². The minimum Gasteiger partial charge on any atom is -0.313 e. The molecule has 0 aliphatic rings. The molecule has 2 aromatic rings. The number of likely N-dealkylation sites (N-methyl/N-ethyl adjacent to an activating group) is 1. The summed E-state index contributed by atoms with van der Waals surface area (Å²) in [4.78, 5) is 10.2. The van der Waals surface area contributed by atoms with Gasteiger partial charge >= 0.3 is 0 Å². The second-order valence-corrected chi connectivity index (χ2v) is 5.40. The Labute approximate surface area is 132 Å². The third-order valence-electron chi connectivity index (χ3n) is 3.29. The second kappa shape index (κ2) is 6.89. The zero-order valence-electron chi connectivity index (χ0n) is 11.3. The van der Waals surface area contributed by atoms with Gasteiger partial charge in [-0.05, 0) is 30.7 Å². The van der Waals surface area contributed by atoms with Gasteiger partial charge in [-0.1, -0.05) is 47.5 Å². The van der Waals surface area contributed by atoms with E-state index in [2.05, 4.69) is 5.32 Å². The molecule has 0 radical (unpaired) electrons. The maximum atomic E-state index is 10.7. The number of nitro benzene ring substituents is 1. The van der Waals surface area contributed by atoms with Crippen LogP contribution in [0.3, 0.4) is 0 Å². The number of nitrogens with zero attached hydrogens (tertiary/aromatic N) is 1. The Morgan fingerprint density at radius 3 is 2.43 bits per heavy atom. The van der Waals surface area contributed by atoms with Crippen molar-refractivity contribution in [1.82, 2.24) is 5.32 Å². The van der Waals surface area contributed by atoms with Crippen LogP contribution in [0.25, 0.3) is 0 Å². The molecule has 0 aliphatic heterocycles. The van der Waals surface area contributed by atoms with E-state index in [0.29, 0.717) is 16.5 Å². The van der Waals surface area contributed by atoms with E-state index in [1.807, 2.05) is 19.2 Å². The van der Waals surface area contributed by atoms with E-state index < -0.39 is 4.92 Å². The van der Waals surface area contributed by atoms with E-state index in [1.165, 1.54) is 12.1 Å². The average Bonchev–Trinajstić information content (AvgIpc) is 2.48. The molecule has 0 aliphatic carbocycles. The number of hydrogen-bond donors (Lipinski definition) is 1. The second-order valence-electron chi connectivity index (χ2n) is 4.61. The van der Waals surface area contributed by atoms with Crippen LogP contribution in [-0.4, -0.2) is 12.0 Å². The van der Waals surface area contributed by atoms with Gasteiger partial charge in [-0.25, -0.2) is 0 Å². The topological polar surface area (TPSA) is 55.2 Å².